The number of nitrogens with one attached hydrogen (secondary N) is 2. The Kier molecular flexibility index (Phi) is 4.32. The molecular weight excluding hydrogens is 326 g/mol. The first kappa shape index (κ1) is 16.6. The van der Waals surface area contributed by atoms with Crippen LogP contribution in [0.2, 0.25) is 0 Å². The molecule has 0 bridgehead atoms. The van der Waals surface area contributed by atoms with E-state index in [-0.39, 0.29) is 11.8 Å². The third kappa shape index (κ3) is 2.92. The van der Waals surface area contributed by atoms with Crippen molar-refractivity contribution in [3.05, 3.63) is 64.7 Å². The Morgan fingerprint density at radius 3 is 2.92 bits per heavy atom. The number of carbonyl (C=O) groups excluding carboxylic acids is 1. The van der Waals surface area contributed by atoms with Crippen molar-refractivity contribution in [3.63, 3.8) is 0 Å². The van der Waals surface area contributed by atoms with Crippen molar-refractivity contribution in [2.75, 3.05) is 0 Å². The summed E-state index contributed by atoms with van der Waals surface area (Å²) in [5.41, 5.74) is 6.24. The summed E-state index contributed by atoms with van der Waals surface area (Å²) >= 11 is 0. The fraction of sp³-hybridized carbons (Fsp3) is 0.350. The first-order valence-corrected chi connectivity index (χ1v) is 9.05. The number of rotatable bonds is 4. The lowest BCUT2D eigenvalue weighted by Crippen LogP contribution is -2.31. The molecule has 1 atom stereocenters. The monoisotopic (exact) mass is 349 g/mol. The van der Waals surface area contributed by atoms with Crippen LogP contribution in [-0.4, -0.2) is 25.9 Å². The topological polar surface area (TPSA) is 75.6 Å². The Bertz CT molecular complexity index is 925. The first-order chi connectivity index (χ1) is 12.6. The molecule has 0 aliphatic heterocycles. The maximum absolute atomic E-state index is 12.7. The van der Waals surface area contributed by atoms with E-state index >= 15 is 0 Å². The molecule has 6 nitrogen and oxygen atoms in total. The molecule has 0 saturated carbocycles. The molecule has 2 heterocycles. The molecule has 0 saturated heterocycles. The Hall–Kier alpha value is -2.89. The Balaban J connectivity index is 1.51. The van der Waals surface area contributed by atoms with E-state index in [1.54, 1.807) is 0 Å². The van der Waals surface area contributed by atoms with E-state index in [1.807, 2.05) is 55.1 Å². The third-order valence-corrected chi connectivity index (χ3v) is 5.24. The van der Waals surface area contributed by atoms with Gasteiger partial charge >= 0.3 is 0 Å². The van der Waals surface area contributed by atoms with E-state index in [1.165, 1.54) is 5.56 Å². The van der Waals surface area contributed by atoms with Gasteiger partial charge in [0.05, 0.1) is 29.2 Å². The average Bonchev–Trinajstić information content (AvgIpc) is 3.25. The number of para-hydroxylation sites is 1. The lowest BCUT2D eigenvalue weighted by atomic mass is 9.87. The molecule has 6 heteroatoms. The van der Waals surface area contributed by atoms with Gasteiger partial charge in [-0.25, -0.2) is 4.68 Å². The number of aromatic nitrogens is 4. The van der Waals surface area contributed by atoms with Gasteiger partial charge in [0, 0.05) is 17.8 Å². The maximum atomic E-state index is 12.7. The molecule has 1 amide bonds. The largest absolute Gasteiger partial charge is 0.351 e. The molecule has 2 N–H and O–H groups in total. The fourth-order valence-corrected chi connectivity index (χ4v) is 3.78. The van der Waals surface area contributed by atoms with Gasteiger partial charge in [0.1, 0.15) is 0 Å². The standard InChI is InChI=1S/C20H23N5O/c1-13-18(14(2)25(24-13)16-8-4-3-5-9-16)12-21-20(26)17-10-6-7-15-11-22-23-19(15)17/h3-5,8-9,11,17H,6-7,10,12H2,1-2H3,(H,21,26)(H,22,23)/t17-/m0/s1. The number of nitrogens with zero attached hydrogens (tertiary/aromatic N) is 3. The first-order valence-electron chi connectivity index (χ1n) is 9.05. The number of hydrogen-bond donors (Lipinski definition) is 2. The van der Waals surface area contributed by atoms with Crippen molar-refractivity contribution in [3.8, 4) is 5.69 Å². The van der Waals surface area contributed by atoms with Gasteiger partial charge in [-0.15, -0.1) is 0 Å². The normalized spacial score (nSPS) is 16.3. The van der Waals surface area contributed by atoms with Crippen molar-refractivity contribution in [2.45, 2.75) is 45.6 Å². The Labute approximate surface area is 152 Å². The molecule has 1 aromatic carbocycles. The number of amides is 1. The molecule has 0 radical (unpaired) electrons. The summed E-state index contributed by atoms with van der Waals surface area (Å²) in [7, 11) is 0. The molecule has 134 valence electrons. The molecular formula is C20H23N5O. The minimum atomic E-state index is -0.133. The predicted octanol–water partition coefficient (Wildman–Crippen LogP) is 2.95. The van der Waals surface area contributed by atoms with Gasteiger partial charge in [0.25, 0.3) is 0 Å². The van der Waals surface area contributed by atoms with Crippen molar-refractivity contribution in [1.82, 2.24) is 25.3 Å². The number of aryl methyl sites for hydroxylation is 2. The molecule has 0 spiro atoms. The zero-order chi connectivity index (χ0) is 18.1. The number of hydrogen-bond acceptors (Lipinski definition) is 3. The summed E-state index contributed by atoms with van der Waals surface area (Å²) in [6, 6.07) is 10.0. The van der Waals surface area contributed by atoms with Crippen LogP contribution in [0, 0.1) is 13.8 Å². The minimum absolute atomic E-state index is 0.0569. The van der Waals surface area contributed by atoms with Crippen LogP contribution in [0.5, 0.6) is 0 Å². The molecule has 3 aromatic rings. The van der Waals surface area contributed by atoms with E-state index in [0.29, 0.717) is 6.54 Å². The van der Waals surface area contributed by atoms with Crippen LogP contribution in [-0.2, 0) is 17.8 Å². The van der Waals surface area contributed by atoms with Crippen LogP contribution in [0.4, 0.5) is 0 Å². The van der Waals surface area contributed by atoms with Gasteiger partial charge in [-0.1, -0.05) is 18.2 Å². The molecule has 4 rings (SSSR count). The summed E-state index contributed by atoms with van der Waals surface area (Å²) < 4.78 is 1.93. The SMILES string of the molecule is Cc1nn(-c2ccccc2)c(C)c1CNC(=O)[C@H]1CCCc2cn[nH]c21. The highest BCUT2D eigenvalue weighted by Gasteiger charge is 2.28. The number of carbonyl (C=O) groups is 1. The third-order valence-electron chi connectivity index (χ3n) is 5.24. The van der Waals surface area contributed by atoms with E-state index in [9.17, 15) is 4.79 Å². The zero-order valence-corrected chi connectivity index (χ0v) is 15.1. The number of aromatic amines is 1. The van der Waals surface area contributed by atoms with E-state index < -0.39 is 0 Å². The van der Waals surface area contributed by atoms with Gasteiger partial charge in [-0.05, 0) is 50.8 Å². The number of benzene rings is 1. The van der Waals surface area contributed by atoms with E-state index in [4.69, 9.17) is 0 Å². The highest BCUT2D eigenvalue weighted by Crippen LogP contribution is 2.30. The molecule has 0 fully saturated rings. The molecule has 26 heavy (non-hydrogen) atoms. The van der Waals surface area contributed by atoms with Gasteiger partial charge in [-0.2, -0.15) is 10.2 Å². The molecule has 0 unspecified atom stereocenters. The lowest BCUT2D eigenvalue weighted by molar-refractivity contribution is -0.123. The van der Waals surface area contributed by atoms with Crippen molar-refractivity contribution in [2.24, 2.45) is 0 Å². The average molecular weight is 349 g/mol. The summed E-state index contributed by atoms with van der Waals surface area (Å²) in [6.45, 7) is 4.52. The van der Waals surface area contributed by atoms with Crippen LogP contribution < -0.4 is 5.32 Å². The van der Waals surface area contributed by atoms with E-state index in [0.717, 1.165) is 47.6 Å². The fourth-order valence-electron chi connectivity index (χ4n) is 3.78. The van der Waals surface area contributed by atoms with Gasteiger partial charge in [0.2, 0.25) is 5.91 Å². The Morgan fingerprint density at radius 2 is 2.12 bits per heavy atom. The van der Waals surface area contributed by atoms with Crippen LogP contribution in [0.3, 0.4) is 0 Å². The molecule has 1 aliphatic carbocycles. The van der Waals surface area contributed by atoms with Gasteiger partial charge in [-0.3, -0.25) is 9.89 Å². The molecule has 1 aliphatic rings. The smallest absolute Gasteiger partial charge is 0.229 e. The van der Waals surface area contributed by atoms with Crippen LogP contribution >= 0.6 is 0 Å². The van der Waals surface area contributed by atoms with Gasteiger partial charge in [0.15, 0.2) is 0 Å². The number of fused-ring (bicyclic) bond motifs is 1. The van der Waals surface area contributed by atoms with Crippen molar-refractivity contribution >= 4 is 5.91 Å². The second-order valence-corrected chi connectivity index (χ2v) is 6.87. The maximum Gasteiger partial charge on any atom is 0.229 e. The van der Waals surface area contributed by atoms with Crippen LogP contribution in [0.15, 0.2) is 36.5 Å². The van der Waals surface area contributed by atoms with Crippen LogP contribution in [0.1, 0.15) is 47.0 Å². The summed E-state index contributed by atoms with van der Waals surface area (Å²) in [4.78, 5) is 12.7. The minimum Gasteiger partial charge on any atom is -0.351 e. The highest BCUT2D eigenvalue weighted by molar-refractivity contribution is 5.83. The van der Waals surface area contributed by atoms with Crippen LogP contribution in [0.25, 0.3) is 5.69 Å². The zero-order valence-electron chi connectivity index (χ0n) is 15.1. The molecule has 2 aromatic heterocycles. The number of H-pyrrole nitrogens is 1. The summed E-state index contributed by atoms with van der Waals surface area (Å²) in [6.07, 6.45) is 4.72. The van der Waals surface area contributed by atoms with Crippen molar-refractivity contribution in [1.29, 1.82) is 0 Å². The quantitative estimate of drug-likeness (QED) is 0.760. The van der Waals surface area contributed by atoms with E-state index in [2.05, 4.69) is 20.6 Å². The predicted molar refractivity (Wildman–Crippen MR) is 99.2 cm³/mol. The lowest BCUT2D eigenvalue weighted by Gasteiger charge is -2.21. The second-order valence-electron chi connectivity index (χ2n) is 6.87. The summed E-state index contributed by atoms with van der Waals surface area (Å²) in [5, 5.41) is 14.9. The van der Waals surface area contributed by atoms with Crippen molar-refractivity contribution < 1.29 is 4.79 Å². The highest BCUT2D eigenvalue weighted by atomic mass is 16.1. The second kappa shape index (κ2) is 6.78. The Morgan fingerprint density at radius 1 is 1.31 bits per heavy atom. The summed E-state index contributed by atoms with van der Waals surface area (Å²) in [5.74, 6) is -0.0764. The van der Waals surface area contributed by atoms with Gasteiger partial charge < -0.3 is 5.32 Å².